The lowest BCUT2D eigenvalue weighted by Crippen LogP contribution is -2.35. The zero-order valence-electron chi connectivity index (χ0n) is 12.4. The number of benzene rings is 1. The maximum Gasteiger partial charge on any atom is 0.269 e. The first-order valence-electron chi connectivity index (χ1n) is 7.21. The summed E-state index contributed by atoms with van der Waals surface area (Å²) in [6, 6.07) is 9.74. The third-order valence-corrected chi connectivity index (χ3v) is 4.16. The van der Waals surface area contributed by atoms with Gasteiger partial charge in [-0.3, -0.25) is 4.79 Å². The number of fused-ring (bicyclic) bond motifs is 1. The second-order valence-electron chi connectivity index (χ2n) is 4.82. The number of carbonyl (C=O) groups is 1. The van der Waals surface area contributed by atoms with Crippen molar-refractivity contribution in [1.29, 1.82) is 0 Å². The molecule has 112 valence electrons. The predicted octanol–water partition coefficient (Wildman–Crippen LogP) is 2.91. The number of nitrogens with zero attached hydrogens (tertiary/aromatic N) is 2. The highest BCUT2D eigenvalue weighted by atomic mass is 125. The first-order valence-corrected chi connectivity index (χ1v) is 8.28. The molecule has 0 aliphatic rings. The van der Waals surface area contributed by atoms with E-state index in [9.17, 15) is 4.79 Å². The van der Waals surface area contributed by atoms with Crippen LogP contribution in [-0.4, -0.2) is 42.0 Å². The number of halogens is 1. The van der Waals surface area contributed by atoms with Gasteiger partial charge < -0.3 is 10.2 Å². The summed E-state index contributed by atoms with van der Waals surface area (Å²) in [5.41, 5.74) is 1.33. The van der Waals surface area contributed by atoms with Crippen LogP contribution in [0.1, 0.15) is 24.3 Å². The van der Waals surface area contributed by atoms with Gasteiger partial charge in [-0.1, -0.05) is 19.9 Å². The Bertz CT molecular complexity index is 626. The molecule has 0 aliphatic carbocycles. The molecular formula is C16H20IN3O. The van der Waals surface area contributed by atoms with Crippen molar-refractivity contribution in [2.75, 3.05) is 26.2 Å². The first kappa shape index (κ1) is 16.2. The molecule has 0 saturated carbocycles. The van der Waals surface area contributed by atoms with E-state index >= 15 is 0 Å². The Balaban J connectivity index is 2.01. The Morgan fingerprint density at radius 2 is 2.00 bits per heavy atom. The first-order chi connectivity index (χ1) is 10.1. The molecule has 0 fully saturated rings. The summed E-state index contributed by atoms with van der Waals surface area (Å²) < 4.78 is 1.17. The smallest absolute Gasteiger partial charge is 0.269 e. The summed E-state index contributed by atoms with van der Waals surface area (Å²) in [7, 11) is 0. The average molecular weight is 395 g/mol. The number of pyridine rings is 1. The third-order valence-electron chi connectivity index (χ3n) is 3.49. The molecule has 1 aromatic carbocycles. The van der Waals surface area contributed by atoms with E-state index < -0.39 is 0 Å². The molecule has 5 heteroatoms. The van der Waals surface area contributed by atoms with Crippen LogP contribution in [0.3, 0.4) is 0 Å². The van der Waals surface area contributed by atoms with Crippen LogP contribution in [0.2, 0.25) is 0 Å². The molecule has 0 aliphatic heterocycles. The van der Waals surface area contributed by atoms with Gasteiger partial charge >= 0.3 is 0 Å². The van der Waals surface area contributed by atoms with Gasteiger partial charge in [0.1, 0.15) is 5.69 Å². The molecule has 0 bridgehead atoms. The van der Waals surface area contributed by atoms with Crippen molar-refractivity contribution in [3.05, 3.63) is 39.6 Å². The van der Waals surface area contributed by atoms with Crippen LogP contribution in [0.5, 0.6) is 0 Å². The monoisotopic (exact) mass is 395 g/mol. The van der Waals surface area contributed by atoms with E-state index in [0.29, 0.717) is 12.2 Å². The molecule has 2 rings (SSSR count). The lowest BCUT2D eigenvalue weighted by atomic mass is 10.2. The summed E-state index contributed by atoms with van der Waals surface area (Å²) in [4.78, 5) is 18.8. The molecule has 0 unspecified atom stereocenters. The number of aromatic nitrogens is 1. The minimum Gasteiger partial charge on any atom is -0.349 e. The molecule has 4 nitrogen and oxygen atoms in total. The summed E-state index contributed by atoms with van der Waals surface area (Å²) in [5, 5.41) is 3.99. The highest BCUT2D eigenvalue weighted by Gasteiger charge is 2.08. The van der Waals surface area contributed by atoms with Crippen molar-refractivity contribution >= 4 is 39.4 Å². The third kappa shape index (κ3) is 4.38. The van der Waals surface area contributed by atoms with Gasteiger partial charge in [0.15, 0.2) is 0 Å². The largest absolute Gasteiger partial charge is 0.349 e. The van der Waals surface area contributed by atoms with Crippen molar-refractivity contribution in [2.45, 2.75) is 13.8 Å². The Kier molecular flexibility index (Phi) is 5.93. The molecule has 21 heavy (non-hydrogen) atoms. The summed E-state index contributed by atoms with van der Waals surface area (Å²) >= 11 is 2.27. The zero-order valence-corrected chi connectivity index (χ0v) is 14.6. The van der Waals surface area contributed by atoms with Gasteiger partial charge in [0, 0.05) is 22.0 Å². The van der Waals surface area contributed by atoms with Crippen LogP contribution in [0.15, 0.2) is 30.3 Å². The number of hydrogen-bond acceptors (Lipinski definition) is 3. The fraction of sp³-hybridized carbons (Fsp3) is 0.375. The highest BCUT2D eigenvalue weighted by molar-refractivity contribution is 14.1. The van der Waals surface area contributed by atoms with Crippen LogP contribution in [0.4, 0.5) is 0 Å². The van der Waals surface area contributed by atoms with E-state index in [4.69, 9.17) is 0 Å². The minimum atomic E-state index is -0.109. The topological polar surface area (TPSA) is 45.2 Å². The van der Waals surface area contributed by atoms with Gasteiger partial charge in [0.25, 0.3) is 5.91 Å². The van der Waals surface area contributed by atoms with Crippen molar-refractivity contribution < 1.29 is 4.79 Å². The summed E-state index contributed by atoms with van der Waals surface area (Å²) in [6.45, 7) is 7.76. The fourth-order valence-electron chi connectivity index (χ4n) is 2.18. The normalized spacial score (nSPS) is 11.0. The quantitative estimate of drug-likeness (QED) is 0.766. The lowest BCUT2D eigenvalue weighted by Gasteiger charge is -2.17. The van der Waals surface area contributed by atoms with Gasteiger partial charge in [-0.15, -0.1) is 0 Å². The molecule has 1 amide bonds. The maximum atomic E-state index is 12.1. The van der Waals surface area contributed by atoms with E-state index in [-0.39, 0.29) is 5.91 Å². The molecule has 0 atom stereocenters. The number of nitrogens with one attached hydrogen (secondary N) is 1. The molecule has 2 aromatic rings. The van der Waals surface area contributed by atoms with Crippen molar-refractivity contribution in [1.82, 2.24) is 15.2 Å². The van der Waals surface area contributed by atoms with Gasteiger partial charge in [-0.2, -0.15) is 0 Å². The molecular weight excluding hydrogens is 375 g/mol. The number of carbonyl (C=O) groups excluding carboxylic acids is 1. The Labute approximate surface area is 139 Å². The number of hydrogen-bond donors (Lipinski definition) is 1. The number of amides is 1. The molecule has 0 spiro atoms. The second-order valence-corrected chi connectivity index (χ2v) is 6.06. The minimum absolute atomic E-state index is 0.109. The fourth-order valence-corrected chi connectivity index (χ4v) is 2.70. The van der Waals surface area contributed by atoms with Crippen LogP contribution in [0.25, 0.3) is 10.9 Å². The van der Waals surface area contributed by atoms with Crippen molar-refractivity contribution in [3.63, 3.8) is 0 Å². The summed E-state index contributed by atoms with van der Waals surface area (Å²) in [6.07, 6.45) is 0. The van der Waals surface area contributed by atoms with E-state index in [1.54, 1.807) is 6.07 Å². The standard InChI is InChI=1S/C16H20IN3O/c1-3-20(4-2)10-9-18-16(21)15-7-5-12-11-13(17)6-8-14(12)19-15/h5-8,11H,3-4,9-10H2,1-2H3,(H,18,21)/i17-2. The maximum absolute atomic E-state index is 12.1. The second kappa shape index (κ2) is 7.70. The SMILES string of the molecule is CCN(CC)CCNC(=O)c1ccc2cc([125I])ccc2n1. The van der Waals surface area contributed by atoms with Crippen LogP contribution in [0, 0.1) is 3.57 Å². The summed E-state index contributed by atoms with van der Waals surface area (Å²) in [5.74, 6) is -0.109. The van der Waals surface area contributed by atoms with Gasteiger partial charge in [-0.05, 0) is 59.9 Å². The molecule has 1 aromatic heterocycles. The molecule has 1 heterocycles. The van der Waals surface area contributed by atoms with Crippen molar-refractivity contribution in [2.24, 2.45) is 0 Å². The zero-order chi connectivity index (χ0) is 15.2. The van der Waals surface area contributed by atoms with Gasteiger partial charge in [-0.25, -0.2) is 4.98 Å². The van der Waals surface area contributed by atoms with E-state index in [1.165, 1.54) is 3.57 Å². The van der Waals surface area contributed by atoms with Crippen LogP contribution < -0.4 is 5.32 Å². The van der Waals surface area contributed by atoms with Gasteiger partial charge in [0.05, 0.1) is 5.52 Å². The average Bonchev–Trinajstić information content (AvgIpc) is 2.50. The Hall–Kier alpha value is -1.21. The lowest BCUT2D eigenvalue weighted by molar-refractivity contribution is 0.0944. The number of likely N-dealkylation sites (N-methyl/N-ethyl adjacent to an activating group) is 1. The van der Waals surface area contributed by atoms with Crippen LogP contribution in [-0.2, 0) is 0 Å². The van der Waals surface area contributed by atoms with E-state index in [2.05, 4.69) is 57.7 Å². The highest BCUT2D eigenvalue weighted by Crippen LogP contribution is 2.16. The molecule has 1 N–H and O–H groups in total. The van der Waals surface area contributed by atoms with Gasteiger partial charge in [0.2, 0.25) is 0 Å². The number of rotatable bonds is 6. The van der Waals surface area contributed by atoms with E-state index in [0.717, 1.165) is 30.5 Å². The molecule has 0 radical (unpaired) electrons. The van der Waals surface area contributed by atoms with Crippen molar-refractivity contribution in [3.8, 4) is 0 Å². The Morgan fingerprint density at radius 1 is 1.24 bits per heavy atom. The van der Waals surface area contributed by atoms with Crippen LogP contribution >= 0.6 is 22.6 Å². The molecule has 0 saturated heterocycles. The van der Waals surface area contributed by atoms with E-state index in [1.807, 2.05) is 18.2 Å². The predicted molar refractivity (Wildman–Crippen MR) is 94.6 cm³/mol. The Morgan fingerprint density at radius 3 is 2.71 bits per heavy atom.